The molecule has 0 bridgehead atoms. The maximum Gasteiger partial charge on any atom is 1.00 e. The molecule has 6 heavy (non-hydrogen) atoms. The van der Waals surface area contributed by atoms with Crippen LogP contribution >= 0.6 is 0 Å². The molecule has 0 unspecified atom stereocenters. The Balaban J connectivity index is 0. The molecule has 0 aromatic carbocycles. The monoisotopic (exact) mass is 76.1 g/mol. The van der Waals surface area contributed by atoms with Gasteiger partial charge in [-0.05, 0) is 0 Å². The van der Waals surface area contributed by atoms with Gasteiger partial charge in [-0.25, -0.2) is 19.1 Å². The van der Waals surface area contributed by atoms with Crippen LogP contribution in [0.5, 0.6) is 0 Å². The second kappa shape index (κ2) is 8.96. The number of hydrogen-bond donors (Lipinski definition) is 0. The molecule has 0 atom stereocenters. The van der Waals surface area contributed by atoms with Crippen LogP contribution in [-0.4, -0.2) is 0 Å². The van der Waals surface area contributed by atoms with Gasteiger partial charge in [0.05, 0.1) is 0 Å². The van der Waals surface area contributed by atoms with Crippen LogP contribution in [0, 0.1) is 6.92 Å². The van der Waals surface area contributed by atoms with Gasteiger partial charge in [0.1, 0.15) is 0 Å². The van der Waals surface area contributed by atoms with Crippen molar-refractivity contribution < 1.29 is 18.9 Å². The summed E-state index contributed by atoms with van der Waals surface area (Å²) in [6, 6.07) is 0. The Hall–Kier alpha value is 0.207. The Kier molecular flexibility index (Phi) is 14.2. The van der Waals surface area contributed by atoms with E-state index in [0.29, 0.717) is 0 Å². The van der Waals surface area contributed by atoms with Gasteiger partial charge in [0.2, 0.25) is 0 Å². The molecule has 1 heteroatoms. The van der Waals surface area contributed by atoms with Crippen molar-refractivity contribution in [2.45, 2.75) is 13.3 Å². The number of allylic oxidation sites excluding steroid dienone is 2. The molecule has 0 nitrogen and oxygen atoms in total. The van der Waals surface area contributed by atoms with E-state index in [0.717, 1.165) is 6.42 Å². The smallest absolute Gasteiger partial charge is 0.245 e. The van der Waals surface area contributed by atoms with E-state index in [2.05, 4.69) is 13.8 Å². The quantitative estimate of drug-likeness (QED) is 0.271. The molecule has 0 N–H and O–H groups in total. The topological polar surface area (TPSA) is 0 Å². The van der Waals surface area contributed by atoms with Crippen molar-refractivity contribution in [3.63, 3.8) is 0 Å². The van der Waals surface area contributed by atoms with Crippen molar-refractivity contribution >= 4 is 0 Å². The number of hydrogen-bond acceptors (Lipinski definition) is 0. The van der Waals surface area contributed by atoms with Gasteiger partial charge in [-0.3, -0.25) is 0 Å². The Morgan fingerprint density at radius 3 is 2.17 bits per heavy atom. The van der Waals surface area contributed by atoms with Crippen LogP contribution < -0.4 is 18.9 Å². The van der Waals surface area contributed by atoms with Gasteiger partial charge in [0, 0.05) is 0 Å². The summed E-state index contributed by atoms with van der Waals surface area (Å²) in [5.41, 5.74) is 0. The van der Waals surface area contributed by atoms with Crippen molar-refractivity contribution in [1.82, 2.24) is 0 Å². The van der Waals surface area contributed by atoms with Crippen molar-refractivity contribution in [3.8, 4) is 0 Å². The molecule has 0 aromatic rings. The minimum absolute atomic E-state index is 0. The van der Waals surface area contributed by atoms with Crippen LogP contribution in [0.3, 0.4) is 0 Å². The summed E-state index contributed by atoms with van der Waals surface area (Å²) in [4.78, 5) is 0. The summed E-state index contributed by atoms with van der Waals surface area (Å²) in [6.45, 7) is 5.58. The van der Waals surface area contributed by atoms with Gasteiger partial charge in [-0.15, -0.1) is 6.42 Å². The van der Waals surface area contributed by atoms with Crippen molar-refractivity contribution in [2.75, 3.05) is 0 Å². The summed E-state index contributed by atoms with van der Waals surface area (Å²) >= 11 is 0. The average Bonchev–Trinajstić information content (AvgIpc) is 1.41. The van der Waals surface area contributed by atoms with Crippen LogP contribution in [0.2, 0.25) is 0 Å². The van der Waals surface area contributed by atoms with Crippen molar-refractivity contribution in [3.05, 3.63) is 19.1 Å². The molecule has 0 spiro atoms. The average molecular weight is 76.1 g/mol. The Bertz CT molecular complexity index is 30.9. The second-order valence-electron chi connectivity index (χ2n) is 0.880. The molecule has 0 aromatic heterocycles. The minimum Gasteiger partial charge on any atom is -0.245 e. The molecule has 0 radical (unpaired) electrons. The van der Waals surface area contributed by atoms with E-state index in [1.54, 1.807) is 6.08 Å². The zero-order valence-corrected chi connectivity index (χ0v) is 4.57. The van der Waals surface area contributed by atoms with E-state index in [1.165, 1.54) is 0 Å². The fraction of sp³-hybridized carbons (Fsp3) is 0.400. The largest absolute Gasteiger partial charge is 1.00 e. The molecular weight excluding hydrogens is 67.0 g/mol. The molecule has 0 rings (SSSR count). The Morgan fingerprint density at radius 1 is 1.67 bits per heavy atom. The summed E-state index contributed by atoms with van der Waals surface area (Å²) in [7, 11) is 0. The maximum absolute atomic E-state index is 3.49. The molecule has 0 heterocycles. The molecule has 0 fully saturated rings. The normalized spacial score (nSPS) is 8.17. The van der Waals surface area contributed by atoms with Gasteiger partial charge >= 0.3 is 18.9 Å². The summed E-state index contributed by atoms with van der Waals surface area (Å²) in [6.07, 6.45) is 4.92. The fourth-order valence-electron chi connectivity index (χ4n) is 0.167. The summed E-state index contributed by atoms with van der Waals surface area (Å²) in [5, 5.41) is 0. The third-order valence-corrected chi connectivity index (χ3v) is 0.402. The van der Waals surface area contributed by atoms with Gasteiger partial charge in [-0.1, -0.05) is 6.92 Å². The molecular formula is C5H9Li. The standard InChI is InChI=1S/C5H9.Li/c1-3-5-4-2;/h3,5H,1,4H2,2H3;/q-1;+1. The predicted molar refractivity (Wildman–Crippen MR) is 24.8 cm³/mol. The van der Waals surface area contributed by atoms with Crippen LogP contribution in [0.4, 0.5) is 0 Å². The van der Waals surface area contributed by atoms with Crippen LogP contribution in [-0.2, 0) is 0 Å². The molecule has 30 valence electrons. The van der Waals surface area contributed by atoms with Gasteiger partial charge in [0.15, 0.2) is 0 Å². The first-order chi connectivity index (χ1) is 2.41. The Labute approximate surface area is 51.8 Å². The summed E-state index contributed by atoms with van der Waals surface area (Å²) < 4.78 is 0. The third-order valence-electron chi connectivity index (χ3n) is 0.402. The van der Waals surface area contributed by atoms with Crippen LogP contribution in [0.1, 0.15) is 13.3 Å². The van der Waals surface area contributed by atoms with E-state index in [9.17, 15) is 0 Å². The summed E-state index contributed by atoms with van der Waals surface area (Å²) in [5.74, 6) is 0. The fourth-order valence-corrected chi connectivity index (χ4v) is 0.167. The van der Waals surface area contributed by atoms with E-state index in [1.807, 2.05) is 6.08 Å². The molecule has 0 saturated heterocycles. The Morgan fingerprint density at radius 2 is 2.17 bits per heavy atom. The van der Waals surface area contributed by atoms with Crippen molar-refractivity contribution in [1.29, 1.82) is 0 Å². The van der Waals surface area contributed by atoms with Gasteiger partial charge in [0.25, 0.3) is 0 Å². The molecule has 0 saturated carbocycles. The van der Waals surface area contributed by atoms with E-state index >= 15 is 0 Å². The predicted octanol–water partition coefficient (Wildman–Crippen LogP) is -1.21. The van der Waals surface area contributed by atoms with E-state index < -0.39 is 0 Å². The SMILES string of the molecule is [CH2-]C=CCC.[Li+]. The first-order valence-corrected chi connectivity index (χ1v) is 1.86. The van der Waals surface area contributed by atoms with Crippen LogP contribution in [0.15, 0.2) is 12.2 Å². The first-order valence-electron chi connectivity index (χ1n) is 1.86. The zero-order valence-electron chi connectivity index (χ0n) is 4.57. The van der Waals surface area contributed by atoms with E-state index in [-0.39, 0.29) is 18.9 Å². The molecule has 0 aliphatic rings. The first kappa shape index (κ1) is 9.51. The second-order valence-corrected chi connectivity index (χ2v) is 0.880. The van der Waals surface area contributed by atoms with Gasteiger partial charge in [-0.2, -0.15) is 0 Å². The zero-order chi connectivity index (χ0) is 4.12. The van der Waals surface area contributed by atoms with Crippen LogP contribution in [0.25, 0.3) is 0 Å². The molecule has 0 aliphatic heterocycles. The minimum atomic E-state index is 0. The molecule has 0 amide bonds. The van der Waals surface area contributed by atoms with Gasteiger partial charge < -0.3 is 0 Å². The van der Waals surface area contributed by atoms with Crippen molar-refractivity contribution in [2.24, 2.45) is 0 Å². The number of rotatable bonds is 1. The molecule has 0 aliphatic carbocycles. The third kappa shape index (κ3) is 8.88. The maximum atomic E-state index is 3.49. The van der Waals surface area contributed by atoms with E-state index in [4.69, 9.17) is 0 Å².